The van der Waals surface area contributed by atoms with Gasteiger partial charge in [0.05, 0.1) is 0 Å². The van der Waals surface area contributed by atoms with E-state index in [4.69, 9.17) is 15.5 Å². The number of hydrogen-bond donors (Lipinski definition) is 0. The van der Waals surface area contributed by atoms with Gasteiger partial charge in [-0.25, -0.2) is 0 Å². The van der Waals surface area contributed by atoms with E-state index in [9.17, 15) is 4.79 Å². The van der Waals surface area contributed by atoms with E-state index in [2.05, 4.69) is 4.43 Å². The Hall–Kier alpha value is -0.0631. The fraction of sp³-hybridized carbons (Fsp3) is 0.750. The van der Waals surface area contributed by atoms with E-state index in [1.165, 1.54) is 14.0 Å². The van der Waals surface area contributed by atoms with Crippen LogP contribution < -0.4 is 0 Å². The van der Waals surface area contributed by atoms with E-state index in [1.54, 1.807) is 6.55 Å². The van der Waals surface area contributed by atoms with Crippen molar-refractivity contribution in [3.8, 4) is 0 Å². The summed E-state index contributed by atoms with van der Waals surface area (Å²) in [7, 11) is -1.20. The molecular formula is C4H9ClO3Si. The Bertz CT molecular complexity index is 114. The summed E-state index contributed by atoms with van der Waals surface area (Å²) in [5.74, 6) is -0.402. The van der Waals surface area contributed by atoms with Crippen molar-refractivity contribution in [3.63, 3.8) is 0 Å². The van der Waals surface area contributed by atoms with Gasteiger partial charge < -0.3 is 8.85 Å². The molecule has 0 aromatic rings. The first-order chi connectivity index (χ1) is 3.98. The Morgan fingerprint density at radius 2 is 2.11 bits per heavy atom. The minimum Gasteiger partial charge on any atom is -0.483 e. The number of carbonyl (C=O) groups excluding carboxylic acids is 1. The molecule has 1 unspecified atom stereocenters. The van der Waals surface area contributed by atoms with Gasteiger partial charge in [0.1, 0.15) is 0 Å². The molecule has 5 heteroatoms. The minimum atomic E-state index is -2.62. The maximum absolute atomic E-state index is 10.3. The first-order valence-electron chi connectivity index (χ1n) is 2.41. The van der Waals surface area contributed by atoms with Crippen LogP contribution in [0.5, 0.6) is 0 Å². The van der Waals surface area contributed by atoms with Crippen LogP contribution in [-0.4, -0.2) is 20.9 Å². The monoisotopic (exact) mass is 168 g/mol. The topological polar surface area (TPSA) is 35.5 Å². The molecule has 0 aliphatic rings. The SMILES string of the molecule is CO[Si](C)(Cl)OC(C)=O. The van der Waals surface area contributed by atoms with Gasteiger partial charge in [-0.3, -0.25) is 4.79 Å². The number of halogens is 1. The molecule has 1 atom stereocenters. The van der Waals surface area contributed by atoms with E-state index >= 15 is 0 Å². The highest BCUT2D eigenvalue weighted by atomic mass is 35.6. The quantitative estimate of drug-likeness (QED) is 0.456. The smallest absolute Gasteiger partial charge is 0.483 e. The van der Waals surface area contributed by atoms with Gasteiger partial charge >= 0.3 is 7.87 Å². The van der Waals surface area contributed by atoms with Crippen molar-refractivity contribution >= 4 is 24.9 Å². The Balaban J connectivity index is 3.71. The van der Waals surface area contributed by atoms with Crippen LogP contribution in [0.4, 0.5) is 0 Å². The maximum atomic E-state index is 10.3. The molecule has 3 nitrogen and oxygen atoms in total. The Morgan fingerprint density at radius 3 is 2.22 bits per heavy atom. The van der Waals surface area contributed by atoms with Crippen LogP contribution in [0.15, 0.2) is 0 Å². The van der Waals surface area contributed by atoms with Crippen molar-refractivity contribution in [3.05, 3.63) is 0 Å². The van der Waals surface area contributed by atoms with Gasteiger partial charge in [-0.2, -0.15) is 0 Å². The van der Waals surface area contributed by atoms with E-state index in [1.807, 2.05) is 0 Å². The molecule has 0 heterocycles. The predicted octanol–water partition coefficient (Wildman–Crippen LogP) is 1.00. The first-order valence-corrected chi connectivity index (χ1v) is 5.74. The third kappa shape index (κ3) is 4.44. The molecule has 0 aliphatic heterocycles. The molecule has 0 aliphatic carbocycles. The number of carbonyl (C=O) groups is 1. The van der Waals surface area contributed by atoms with Gasteiger partial charge in [-0.1, -0.05) is 11.1 Å². The molecule has 0 bridgehead atoms. The molecule has 54 valence electrons. The average molecular weight is 169 g/mol. The van der Waals surface area contributed by atoms with Crippen LogP contribution in [0.3, 0.4) is 0 Å². The fourth-order valence-corrected chi connectivity index (χ4v) is 1.22. The van der Waals surface area contributed by atoms with Gasteiger partial charge in [-0.15, -0.1) is 0 Å². The van der Waals surface area contributed by atoms with Crippen LogP contribution in [0.25, 0.3) is 0 Å². The molecule has 0 N–H and O–H groups in total. The third-order valence-corrected chi connectivity index (χ3v) is 2.77. The van der Waals surface area contributed by atoms with Gasteiger partial charge in [0.15, 0.2) is 0 Å². The second-order valence-electron chi connectivity index (χ2n) is 1.63. The Labute approximate surface area is 59.9 Å². The summed E-state index contributed by atoms with van der Waals surface area (Å²) in [5.41, 5.74) is 0. The summed E-state index contributed by atoms with van der Waals surface area (Å²) in [6, 6.07) is 0. The van der Waals surface area contributed by atoms with Crippen molar-refractivity contribution in [2.45, 2.75) is 13.5 Å². The second-order valence-corrected chi connectivity index (χ2v) is 5.97. The lowest BCUT2D eigenvalue weighted by molar-refractivity contribution is -0.133. The molecule has 0 fully saturated rings. The largest absolute Gasteiger partial charge is 0.504 e. The van der Waals surface area contributed by atoms with Gasteiger partial charge in [0.25, 0.3) is 5.97 Å². The first kappa shape index (κ1) is 8.94. The standard InChI is InChI=1S/C4H9ClO3Si/c1-4(6)8-9(3,5)7-2/h1-3H3. The number of hydrogen-bond acceptors (Lipinski definition) is 3. The minimum absolute atomic E-state index is 0.402. The van der Waals surface area contributed by atoms with Crippen molar-refractivity contribution in [1.29, 1.82) is 0 Å². The van der Waals surface area contributed by atoms with Crippen LogP contribution in [0.2, 0.25) is 6.55 Å². The Morgan fingerprint density at radius 1 is 1.67 bits per heavy atom. The van der Waals surface area contributed by atoms with Crippen LogP contribution in [0.1, 0.15) is 6.92 Å². The van der Waals surface area contributed by atoms with Crippen molar-refractivity contribution in [1.82, 2.24) is 0 Å². The van der Waals surface area contributed by atoms with Crippen molar-refractivity contribution < 1.29 is 13.6 Å². The molecule has 0 aromatic carbocycles. The van der Waals surface area contributed by atoms with Gasteiger partial charge in [-0.05, 0) is 0 Å². The lowest BCUT2D eigenvalue weighted by Gasteiger charge is -2.14. The third-order valence-electron chi connectivity index (χ3n) is 0.691. The lowest BCUT2D eigenvalue weighted by atomic mass is 10.9. The summed E-state index contributed by atoms with van der Waals surface area (Å²) >= 11 is 5.59. The van der Waals surface area contributed by atoms with Crippen LogP contribution in [0, 0.1) is 0 Å². The molecular weight excluding hydrogens is 160 g/mol. The van der Waals surface area contributed by atoms with E-state index in [0.29, 0.717) is 0 Å². The second kappa shape index (κ2) is 3.19. The van der Waals surface area contributed by atoms with Crippen molar-refractivity contribution in [2.24, 2.45) is 0 Å². The van der Waals surface area contributed by atoms with Crippen LogP contribution >= 0.6 is 11.1 Å². The predicted molar refractivity (Wildman–Crippen MR) is 36.2 cm³/mol. The molecule has 9 heavy (non-hydrogen) atoms. The highest BCUT2D eigenvalue weighted by Gasteiger charge is 2.30. The average Bonchev–Trinajstić information content (AvgIpc) is 1.63. The summed E-state index contributed by atoms with van der Waals surface area (Å²) < 4.78 is 9.34. The van der Waals surface area contributed by atoms with E-state index in [0.717, 1.165) is 0 Å². The normalized spacial score (nSPS) is 16.4. The van der Waals surface area contributed by atoms with E-state index < -0.39 is 13.8 Å². The lowest BCUT2D eigenvalue weighted by Crippen LogP contribution is -2.32. The molecule has 0 radical (unpaired) electrons. The summed E-state index contributed by atoms with van der Waals surface area (Å²) in [6.07, 6.45) is 0. The molecule has 0 amide bonds. The number of rotatable bonds is 2. The highest BCUT2D eigenvalue weighted by molar-refractivity contribution is 7.12. The molecule has 0 spiro atoms. The zero-order valence-electron chi connectivity index (χ0n) is 5.60. The fourth-order valence-electron chi connectivity index (χ4n) is 0.298. The summed E-state index contributed by atoms with van der Waals surface area (Å²) in [6.45, 7) is 2.88. The van der Waals surface area contributed by atoms with Gasteiger partial charge in [0.2, 0.25) is 0 Å². The van der Waals surface area contributed by atoms with Crippen LogP contribution in [-0.2, 0) is 13.6 Å². The Kier molecular flexibility index (Phi) is 3.17. The highest BCUT2D eigenvalue weighted by Crippen LogP contribution is 2.10. The molecule has 0 rings (SSSR count). The zero-order valence-corrected chi connectivity index (χ0v) is 7.36. The summed E-state index contributed by atoms with van der Waals surface area (Å²) in [5, 5.41) is 0. The van der Waals surface area contributed by atoms with Gasteiger partial charge in [0, 0.05) is 20.6 Å². The zero-order chi connectivity index (χ0) is 7.49. The van der Waals surface area contributed by atoms with Crippen molar-refractivity contribution in [2.75, 3.05) is 7.11 Å². The van der Waals surface area contributed by atoms with E-state index in [-0.39, 0.29) is 0 Å². The molecule has 0 saturated heterocycles. The summed E-state index contributed by atoms with van der Waals surface area (Å²) in [4.78, 5) is 10.3. The molecule has 0 aromatic heterocycles. The molecule has 0 saturated carbocycles. The maximum Gasteiger partial charge on any atom is 0.504 e.